The molecule has 2 aromatic rings. The van der Waals surface area contributed by atoms with Crippen molar-refractivity contribution in [3.8, 4) is 0 Å². The molecule has 2 rings (SSSR count). The summed E-state index contributed by atoms with van der Waals surface area (Å²) in [5.41, 5.74) is 12.3. The fourth-order valence-electron chi connectivity index (χ4n) is 3.07. The Kier molecular flexibility index (Phi) is 6.41. The zero-order valence-electron chi connectivity index (χ0n) is 14.2. The Bertz CT molecular complexity index is 586. The third-order valence-corrected chi connectivity index (χ3v) is 4.67. The monoisotopic (exact) mass is 324 g/mol. The van der Waals surface area contributed by atoms with E-state index in [-0.39, 0.29) is 11.8 Å². The number of aromatic nitrogens is 2. The average molecular weight is 324 g/mol. The molecule has 0 amide bonds. The molecule has 4 heteroatoms. The van der Waals surface area contributed by atoms with Gasteiger partial charge in [-0.3, -0.25) is 0 Å². The first-order valence-electron chi connectivity index (χ1n) is 8.26. The Morgan fingerprint density at radius 3 is 1.46 bits per heavy atom. The van der Waals surface area contributed by atoms with E-state index in [4.69, 9.17) is 11.5 Å². The van der Waals surface area contributed by atoms with Gasteiger partial charge < -0.3 is 11.5 Å². The fraction of sp³-hybridized carbons (Fsp3) is 0.300. The molecule has 0 saturated heterocycles. The van der Waals surface area contributed by atoms with Crippen molar-refractivity contribution in [3.05, 3.63) is 86.5 Å². The van der Waals surface area contributed by atoms with Crippen LogP contribution in [0, 0.1) is 11.8 Å². The van der Waals surface area contributed by atoms with Gasteiger partial charge in [-0.05, 0) is 0 Å². The fourth-order valence-corrected chi connectivity index (χ4v) is 3.07. The van der Waals surface area contributed by atoms with Gasteiger partial charge in [0.2, 0.25) is 0 Å². The van der Waals surface area contributed by atoms with E-state index >= 15 is 0 Å². The third-order valence-electron chi connectivity index (χ3n) is 4.67. The minimum atomic E-state index is -0.616. The maximum Gasteiger partial charge on any atom is 0.168 e. The first kappa shape index (κ1) is 18.0. The standard InChI is InChI=1S/C20H28N4/c1-3-18(15-23-11-7-5-8-12-23)20(22,17-21)19(4-2)16-24-13-9-6-10-14-24/h3-14,18-19H,1-2,15-17,21-22H2/q+2. The van der Waals surface area contributed by atoms with E-state index < -0.39 is 5.54 Å². The quantitative estimate of drug-likeness (QED) is 0.538. The van der Waals surface area contributed by atoms with E-state index in [1.165, 1.54) is 0 Å². The molecule has 0 spiro atoms. The minimum absolute atomic E-state index is 0.0298. The molecule has 126 valence electrons. The van der Waals surface area contributed by atoms with Crippen molar-refractivity contribution in [1.29, 1.82) is 0 Å². The molecule has 0 bridgehead atoms. The predicted molar refractivity (Wildman–Crippen MR) is 96.6 cm³/mol. The Morgan fingerprint density at radius 2 is 1.17 bits per heavy atom. The molecule has 4 nitrogen and oxygen atoms in total. The molecule has 2 heterocycles. The second kappa shape index (κ2) is 8.52. The first-order chi connectivity index (χ1) is 11.6. The molecular weight excluding hydrogens is 296 g/mol. The van der Waals surface area contributed by atoms with Crippen LogP contribution in [0.1, 0.15) is 0 Å². The van der Waals surface area contributed by atoms with E-state index in [0.717, 1.165) is 13.1 Å². The number of hydrogen-bond acceptors (Lipinski definition) is 2. The lowest BCUT2D eigenvalue weighted by Gasteiger charge is -2.37. The Balaban J connectivity index is 2.25. The largest absolute Gasteiger partial charge is 0.329 e. The minimum Gasteiger partial charge on any atom is -0.329 e. The SMILES string of the molecule is C=CC(C[n+]1ccccc1)C(N)(CN)C(C=C)C[n+]1ccccc1. The Labute approximate surface area is 144 Å². The highest BCUT2D eigenvalue weighted by Gasteiger charge is 2.42. The van der Waals surface area contributed by atoms with Crippen LogP contribution in [0.4, 0.5) is 0 Å². The van der Waals surface area contributed by atoms with E-state index in [1.807, 2.05) is 73.3 Å². The molecule has 0 aliphatic carbocycles. The molecule has 24 heavy (non-hydrogen) atoms. The predicted octanol–water partition coefficient (Wildman–Crippen LogP) is 1.22. The molecule has 4 N–H and O–H groups in total. The molecule has 0 aliphatic rings. The van der Waals surface area contributed by atoms with Gasteiger partial charge in [0.25, 0.3) is 0 Å². The molecule has 0 aliphatic heterocycles. The summed E-state index contributed by atoms with van der Waals surface area (Å²) in [6.07, 6.45) is 12.0. The van der Waals surface area contributed by atoms with Gasteiger partial charge in [0.05, 0.1) is 17.4 Å². The van der Waals surface area contributed by atoms with Crippen molar-refractivity contribution in [1.82, 2.24) is 0 Å². The molecule has 0 radical (unpaired) electrons. The molecule has 2 unspecified atom stereocenters. The molecule has 0 aromatic carbocycles. The first-order valence-corrected chi connectivity index (χ1v) is 8.26. The second-order valence-corrected chi connectivity index (χ2v) is 6.15. The average Bonchev–Trinajstić information content (AvgIpc) is 2.65. The van der Waals surface area contributed by atoms with Gasteiger partial charge in [-0.2, -0.15) is 0 Å². The molecule has 2 atom stereocenters. The van der Waals surface area contributed by atoms with Crippen molar-refractivity contribution in [2.75, 3.05) is 6.54 Å². The van der Waals surface area contributed by atoms with Gasteiger partial charge in [-0.1, -0.05) is 24.3 Å². The normalized spacial score (nSPS) is 15.9. The zero-order valence-corrected chi connectivity index (χ0v) is 14.2. The van der Waals surface area contributed by atoms with Crippen molar-refractivity contribution in [2.24, 2.45) is 23.3 Å². The highest BCUT2D eigenvalue weighted by molar-refractivity contribution is 5.07. The van der Waals surface area contributed by atoms with E-state index in [2.05, 4.69) is 22.3 Å². The van der Waals surface area contributed by atoms with Crippen LogP contribution in [0.15, 0.2) is 86.5 Å². The van der Waals surface area contributed by atoms with E-state index in [9.17, 15) is 0 Å². The number of hydrogen-bond donors (Lipinski definition) is 2. The van der Waals surface area contributed by atoms with Gasteiger partial charge in [-0.15, -0.1) is 13.2 Å². The second-order valence-electron chi connectivity index (χ2n) is 6.15. The topological polar surface area (TPSA) is 59.8 Å². The Morgan fingerprint density at radius 1 is 0.792 bits per heavy atom. The molecule has 0 fully saturated rings. The van der Waals surface area contributed by atoms with Crippen LogP contribution < -0.4 is 20.6 Å². The summed E-state index contributed by atoms with van der Waals surface area (Å²) in [6.45, 7) is 9.85. The van der Waals surface area contributed by atoms with Crippen molar-refractivity contribution in [2.45, 2.75) is 18.6 Å². The summed E-state index contributed by atoms with van der Waals surface area (Å²) in [5.74, 6) is 0.0597. The maximum atomic E-state index is 6.81. The van der Waals surface area contributed by atoms with Gasteiger partial charge in [0.15, 0.2) is 37.9 Å². The molecular formula is C20H28N4+2. The molecule has 2 aromatic heterocycles. The van der Waals surface area contributed by atoms with E-state index in [1.54, 1.807) is 0 Å². The van der Waals surface area contributed by atoms with Crippen LogP contribution in [-0.2, 0) is 13.1 Å². The summed E-state index contributed by atoms with van der Waals surface area (Å²) < 4.78 is 4.22. The smallest absolute Gasteiger partial charge is 0.168 e. The van der Waals surface area contributed by atoms with Crippen LogP contribution in [-0.4, -0.2) is 12.1 Å². The van der Waals surface area contributed by atoms with Crippen LogP contribution in [0.5, 0.6) is 0 Å². The third kappa shape index (κ3) is 4.16. The summed E-state index contributed by atoms with van der Waals surface area (Å²) in [6, 6.07) is 12.0. The van der Waals surface area contributed by atoms with Crippen molar-refractivity contribution in [3.63, 3.8) is 0 Å². The lowest BCUT2D eigenvalue weighted by atomic mass is 9.74. The molecule has 0 saturated carbocycles. The van der Waals surface area contributed by atoms with Crippen LogP contribution in [0.25, 0.3) is 0 Å². The lowest BCUT2D eigenvalue weighted by molar-refractivity contribution is -0.708. The number of nitrogens with zero attached hydrogens (tertiary/aromatic N) is 2. The summed E-state index contributed by atoms with van der Waals surface area (Å²) in [7, 11) is 0. The summed E-state index contributed by atoms with van der Waals surface area (Å²) in [5, 5.41) is 0. The highest BCUT2D eigenvalue weighted by atomic mass is 15.0. The number of nitrogens with two attached hydrogens (primary N) is 2. The highest BCUT2D eigenvalue weighted by Crippen LogP contribution is 2.26. The maximum absolute atomic E-state index is 6.81. The number of rotatable bonds is 9. The number of pyridine rings is 2. The van der Waals surface area contributed by atoms with Gasteiger partial charge in [0, 0.05) is 30.8 Å². The van der Waals surface area contributed by atoms with Gasteiger partial charge in [-0.25, -0.2) is 9.13 Å². The van der Waals surface area contributed by atoms with Crippen molar-refractivity contribution >= 4 is 0 Å². The van der Waals surface area contributed by atoms with Crippen LogP contribution in [0.3, 0.4) is 0 Å². The van der Waals surface area contributed by atoms with Gasteiger partial charge >= 0.3 is 0 Å². The van der Waals surface area contributed by atoms with E-state index in [0.29, 0.717) is 6.54 Å². The van der Waals surface area contributed by atoms with Crippen molar-refractivity contribution < 1.29 is 9.13 Å². The van der Waals surface area contributed by atoms with Crippen LogP contribution in [0.2, 0.25) is 0 Å². The lowest BCUT2D eigenvalue weighted by Crippen LogP contribution is -2.63. The summed E-state index contributed by atoms with van der Waals surface area (Å²) in [4.78, 5) is 0. The zero-order chi connectivity index (χ0) is 17.4. The van der Waals surface area contributed by atoms with Gasteiger partial charge in [0.1, 0.15) is 0 Å². The van der Waals surface area contributed by atoms with Crippen LogP contribution >= 0.6 is 0 Å². The summed E-state index contributed by atoms with van der Waals surface area (Å²) >= 11 is 0. The Hall–Kier alpha value is -2.30.